The topological polar surface area (TPSA) is 21.3 Å². The minimum absolute atomic E-state index is 0.702. The summed E-state index contributed by atoms with van der Waals surface area (Å²) in [6, 6.07) is 0. The van der Waals surface area contributed by atoms with E-state index in [2.05, 4.69) is 19.2 Å². The van der Waals surface area contributed by atoms with Gasteiger partial charge in [-0.25, -0.2) is 0 Å². The fraction of sp³-hybridized carbons (Fsp3) is 1.00. The second-order valence-corrected chi connectivity index (χ2v) is 5.14. The Morgan fingerprint density at radius 3 is 2.75 bits per heavy atom. The Morgan fingerprint density at radius 2 is 2.25 bits per heavy atom. The second-order valence-electron chi connectivity index (χ2n) is 2.40. The molecule has 0 bridgehead atoms. The molecule has 0 aliphatic carbocycles. The molecule has 0 radical (unpaired) electrons. The summed E-state index contributed by atoms with van der Waals surface area (Å²) in [5.74, 6) is 1.20. The predicted octanol–water partition coefficient (Wildman–Crippen LogP) is 1.28. The molecule has 0 heterocycles. The van der Waals surface area contributed by atoms with E-state index in [0.29, 0.717) is 12.0 Å². The summed E-state index contributed by atoms with van der Waals surface area (Å²) in [7, 11) is 0. The van der Waals surface area contributed by atoms with Crippen molar-refractivity contribution in [2.45, 2.75) is 23.5 Å². The molecule has 0 aromatic rings. The molecule has 0 spiro atoms. The molecule has 4 heteroatoms. The first-order valence-electron chi connectivity index (χ1n) is 4.39. The van der Waals surface area contributed by atoms with Crippen LogP contribution >= 0.6 is 11.8 Å². The van der Waals surface area contributed by atoms with Crippen LogP contribution in [0, 0.1) is 0 Å². The molecule has 0 aromatic carbocycles. The predicted molar refractivity (Wildman–Crippen MR) is 57.0 cm³/mol. The molecule has 2 nitrogen and oxygen atoms in total. The average molecular weight is 295 g/mol. The second kappa shape index (κ2) is 10.2. The molecular weight excluding hydrogens is 277 g/mol. The number of nitrogens with one attached hydrogen (secondary N) is 1. The maximum atomic E-state index is 5.46. The summed E-state index contributed by atoms with van der Waals surface area (Å²) < 4.78 is 6.75. The van der Waals surface area contributed by atoms with E-state index in [4.69, 9.17) is 4.74 Å². The van der Waals surface area contributed by atoms with E-state index in [1.54, 1.807) is 22.5 Å². The van der Waals surface area contributed by atoms with Gasteiger partial charge in [0.15, 0.2) is 0 Å². The van der Waals surface area contributed by atoms with Crippen LogP contribution in [0.4, 0.5) is 0 Å². The van der Waals surface area contributed by atoms with Gasteiger partial charge in [0.2, 0.25) is 0 Å². The van der Waals surface area contributed by atoms with Gasteiger partial charge in [-0.2, -0.15) is 0 Å². The van der Waals surface area contributed by atoms with Gasteiger partial charge >= 0.3 is 93.5 Å². The standard InChI is InChI=1S/C8H18NOS.Sn/c1-4-9-7-10-6-8(3)11-5-2;/h8-9H,3-7H2,1-2H3;/q;+3. The fourth-order valence-electron chi connectivity index (χ4n) is 0.766. The Balaban J connectivity index is 3.19. The van der Waals surface area contributed by atoms with Crippen LogP contribution in [0.3, 0.4) is 0 Å². The van der Waals surface area contributed by atoms with Crippen LogP contribution in [-0.2, 0) is 4.74 Å². The van der Waals surface area contributed by atoms with Crippen LogP contribution in [0.25, 0.3) is 0 Å². The molecule has 12 heavy (non-hydrogen) atoms. The van der Waals surface area contributed by atoms with Crippen molar-refractivity contribution >= 4 is 34.3 Å². The summed E-state index contributed by atoms with van der Waals surface area (Å²) >= 11 is 3.62. The number of hydrogen-bond acceptors (Lipinski definition) is 3. The van der Waals surface area contributed by atoms with E-state index >= 15 is 0 Å². The molecule has 68 valence electrons. The zero-order valence-corrected chi connectivity index (χ0v) is 11.6. The first kappa shape index (κ1) is 13.1. The number of hydrogen-bond donors (Lipinski definition) is 1. The molecule has 1 unspecified atom stereocenters. The van der Waals surface area contributed by atoms with Gasteiger partial charge in [-0.15, -0.1) is 0 Å². The third-order valence-electron chi connectivity index (χ3n) is 1.39. The van der Waals surface area contributed by atoms with Crippen molar-refractivity contribution in [1.29, 1.82) is 0 Å². The Hall–Kier alpha value is 1.07. The maximum absolute atomic E-state index is 5.46. The van der Waals surface area contributed by atoms with E-state index in [-0.39, 0.29) is 0 Å². The van der Waals surface area contributed by atoms with Gasteiger partial charge in [-0.3, -0.25) is 0 Å². The molecule has 0 aliphatic rings. The van der Waals surface area contributed by atoms with Crippen molar-refractivity contribution in [2.24, 2.45) is 0 Å². The van der Waals surface area contributed by atoms with Crippen LogP contribution in [0.1, 0.15) is 13.8 Å². The molecule has 0 fully saturated rings. The van der Waals surface area contributed by atoms with Gasteiger partial charge in [-0.1, -0.05) is 0 Å². The van der Waals surface area contributed by atoms with Crippen LogP contribution in [0.15, 0.2) is 0 Å². The van der Waals surface area contributed by atoms with Crippen LogP contribution in [-0.4, -0.2) is 53.4 Å². The number of rotatable bonds is 8. The normalized spacial score (nSPS) is 13.3. The fourth-order valence-corrected chi connectivity index (χ4v) is 2.89. The molecule has 0 aromatic heterocycles. The Morgan fingerprint density at radius 1 is 1.50 bits per heavy atom. The monoisotopic (exact) mass is 296 g/mol. The van der Waals surface area contributed by atoms with Gasteiger partial charge in [0.1, 0.15) is 0 Å². The number of thioether (sulfide) groups is 1. The van der Waals surface area contributed by atoms with Gasteiger partial charge in [0, 0.05) is 0 Å². The van der Waals surface area contributed by atoms with E-state index in [9.17, 15) is 0 Å². The van der Waals surface area contributed by atoms with Crippen LogP contribution in [0.2, 0.25) is 4.44 Å². The van der Waals surface area contributed by atoms with Gasteiger partial charge < -0.3 is 0 Å². The van der Waals surface area contributed by atoms with Crippen molar-refractivity contribution in [3.8, 4) is 0 Å². The van der Waals surface area contributed by atoms with Crippen molar-refractivity contribution in [3.63, 3.8) is 0 Å². The summed E-state index contributed by atoms with van der Waals surface area (Å²) in [5.41, 5.74) is 0. The van der Waals surface area contributed by atoms with E-state index in [0.717, 1.165) is 13.2 Å². The Kier molecular flexibility index (Phi) is 11.1. The minimum atomic E-state index is 0.702. The van der Waals surface area contributed by atoms with E-state index in [1.807, 2.05) is 11.8 Å². The molecule has 1 atom stereocenters. The molecule has 0 saturated heterocycles. The Bertz CT molecular complexity index is 95.1. The third kappa shape index (κ3) is 7.70. The van der Waals surface area contributed by atoms with E-state index in [1.165, 1.54) is 10.2 Å². The average Bonchev–Trinajstić information content (AvgIpc) is 2.10. The SMILES string of the molecule is CCNCOCC([CH2][Sn+3])SCC. The molecule has 0 saturated carbocycles. The van der Waals surface area contributed by atoms with Crippen LogP contribution in [0.5, 0.6) is 0 Å². The van der Waals surface area contributed by atoms with Gasteiger partial charge in [0.05, 0.1) is 0 Å². The molecule has 0 amide bonds. The first-order chi connectivity index (χ1) is 5.85. The quantitative estimate of drug-likeness (QED) is 0.414. The molecule has 0 rings (SSSR count). The van der Waals surface area contributed by atoms with Crippen molar-refractivity contribution < 1.29 is 4.74 Å². The van der Waals surface area contributed by atoms with Gasteiger partial charge in [-0.05, 0) is 0 Å². The summed E-state index contributed by atoms with van der Waals surface area (Å²) in [6.07, 6.45) is 0. The third-order valence-corrected chi connectivity index (χ3v) is 4.75. The van der Waals surface area contributed by atoms with Crippen molar-refractivity contribution in [3.05, 3.63) is 0 Å². The number of ether oxygens (including phenoxy) is 1. The van der Waals surface area contributed by atoms with E-state index < -0.39 is 0 Å². The molecule has 0 aliphatic heterocycles. The summed E-state index contributed by atoms with van der Waals surface area (Å²) in [5, 5.41) is 3.86. The summed E-state index contributed by atoms with van der Waals surface area (Å²) in [4.78, 5) is 0. The molecule has 1 N–H and O–H groups in total. The zero-order valence-electron chi connectivity index (χ0n) is 7.93. The van der Waals surface area contributed by atoms with Crippen molar-refractivity contribution in [1.82, 2.24) is 5.32 Å². The zero-order chi connectivity index (χ0) is 9.23. The van der Waals surface area contributed by atoms with Crippen molar-refractivity contribution in [2.75, 3.05) is 25.6 Å². The Labute approximate surface area is 93.3 Å². The molecular formula is C8H18NOSSn+3. The summed E-state index contributed by atoms with van der Waals surface area (Å²) in [6.45, 7) is 6.88. The van der Waals surface area contributed by atoms with Gasteiger partial charge in [0.25, 0.3) is 0 Å². The van der Waals surface area contributed by atoms with Crippen LogP contribution < -0.4 is 5.32 Å². The first-order valence-corrected chi connectivity index (χ1v) is 7.46.